The normalized spacial score (nSPS) is 10.7. The van der Waals surface area contributed by atoms with E-state index in [-0.39, 0.29) is 11.8 Å². The lowest BCUT2D eigenvalue weighted by molar-refractivity contribution is 0.0882. The second kappa shape index (κ2) is 14.1. The van der Waals surface area contributed by atoms with Gasteiger partial charge in [-0.3, -0.25) is 9.59 Å². The number of aryl methyl sites for hydroxylation is 2. The van der Waals surface area contributed by atoms with Crippen LogP contribution >= 0.6 is 0 Å². The minimum atomic E-state index is -0.781. The zero-order valence-electron chi connectivity index (χ0n) is 22.3. The van der Waals surface area contributed by atoms with Crippen LogP contribution in [0.25, 0.3) is 0 Å². The number of unbranched alkanes of at least 4 members (excludes halogenated alkanes) is 4. The second-order valence-electron chi connectivity index (χ2n) is 9.18. The van der Waals surface area contributed by atoms with Crippen molar-refractivity contribution in [2.24, 2.45) is 0 Å². The third-order valence-corrected chi connectivity index (χ3v) is 6.36. The summed E-state index contributed by atoms with van der Waals surface area (Å²) in [7, 11) is 1.60. The van der Waals surface area contributed by atoms with Crippen LogP contribution in [0.3, 0.4) is 0 Å². The lowest BCUT2D eigenvalue weighted by atomic mass is 10.1. The van der Waals surface area contributed by atoms with Crippen LogP contribution in [0.4, 0.5) is 0 Å². The molecule has 3 rings (SSSR count). The lowest BCUT2D eigenvalue weighted by Gasteiger charge is -2.23. The molecule has 0 aliphatic carbocycles. The molecule has 0 atom stereocenters. The van der Waals surface area contributed by atoms with Crippen LogP contribution < -0.4 is 20.1 Å². The number of carbonyl (C=O) groups excluding carboxylic acids is 2. The van der Waals surface area contributed by atoms with Gasteiger partial charge in [-0.2, -0.15) is 0 Å². The number of hydrogen-bond donors (Lipinski definition) is 2. The zero-order chi connectivity index (χ0) is 26.6. The first-order chi connectivity index (χ1) is 17.9. The van der Waals surface area contributed by atoms with Crippen LogP contribution in [0, 0.1) is 13.8 Å². The van der Waals surface area contributed by atoms with Crippen LogP contribution in [0.1, 0.15) is 82.6 Å². The molecule has 0 aromatic heterocycles. The van der Waals surface area contributed by atoms with Crippen molar-refractivity contribution in [1.82, 2.24) is 10.6 Å². The molecule has 6 nitrogen and oxygen atoms in total. The average molecular weight is 503 g/mol. The van der Waals surface area contributed by atoms with E-state index in [0.717, 1.165) is 24.0 Å². The summed E-state index contributed by atoms with van der Waals surface area (Å²) in [5.41, 5.74) is 3.49. The van der Waals surface area contributed by atoms with Gasteiger partial charge in [0, 0.05) is 11.1 Å². The third kappa shape index (κ3) is 7.84. The Morgan fingerprint density at radius 3 is 1.86 bits per heavy atom. The molecule has 0 saturated heterocycles. The molecular weight excluding hydrogens is 464 g/mol. The fourth-order valence-electron chi connectivity index (χ4n) is 4.15. The van der Waals surface area contributed by atoms with Gasteiger partial charge < -0.3 is 20.1 Å². The largest absolute Gasteiger partial charge is 0.493 e. The Hall–Kier alpha value is -3.80. The van der Waals surface area contributed by atoms with Crippen LogP contribution in [0.2, 0.25) is 0 Å². The maximum absolute atomic E-state index is 13.2. The number of benzene rings is 3. The Labute approximate surface area is 220 Å². The minimum Gasteiger partial charge on any atom is -0.493 e. The summed E-state index contributed by atoms with van der Waals surface area (Å²) in [4.78, 5) is 26.4. The van der Waals surface area contributed by atoms with E-state index in [9.17, 15) is 9.59 Å². The number of hydrogen-bond acceptors (Lipinski definition) is 4. The summed E-state index contributed by atoms with van der Waals surface area (Å²) in [6.45, 7) is 6.53. The molecule has 0 spiro atoms. The predicted molar refractivity (Wildman–Crippen MR) is 147 cm³/mol. The Bertz CT molecular complexity index is 1130. The number of carbonyl (C=O) groups is 2. The summed E-state index contributed by atoms with van der Waals surface area (Å²) >= 11 is 0. The van der Waals surface area contributed by atoms with E-state index in [1.165, 1.54) is 19.3 Å². The van der Waals surface area contributed by atoms with E-state index in [0.29, 0.717) is 34.8 Å². The molecule has 0 bridgehead atoms. The maximum atomic E-state index is 13.2. The van der Waals surface area contributed by atoms with Crippen molar-refractivity contribution in [2.75, 3.05) is 13.7 Å². The molecule has 196 valence electrons. The summed E-state index contributed by atoms with van der Waals surface area (Å²) in [5, 5.41) is 6.00. The molecule has 0 aliphatic rings. The Morgan fingerprint density at radius 1 is 0.757 bits per heavy atom. The molecular formula is C31H38N2O4. The molecule has 0 fully saturated rings. The predicted octanol–water partition coefficient (Wildman–Crippen LogP) is 6.52. The molecule has 0 radical (unpaired) electrons. The quantitative estimate of drug-likeness (QED) is 0.206. The van der Waals surface area contributed by atoms with E-state index in [2.05, 4.69) is 17.6 Å². The van der Waals surface area contributed by atoms with Crippen LogP contribution in [0.5, 0.6) is 11.5 Å². The molecule has 0 saturated carbocycles. The molecule has 6 heteroatoms. The number of ether oxygens (including phenoxy) is 2. The summed E-state index contributed by atoms with van der Waals surface area (Å²) in [5.74, 6) is 0.632. The molecule has 3 aromatic rings. The summed E-state index contributed by atoms with van der Waals surface area (Å²) in [6.07, 6.45) is 4.89. The van der Waals surface area contributed by atoms with Gasteiger partial charge in [-0.1, -0.05) is 75.1 Å². The molecule has 0 aliphatic heterocycles. The standard InChI is InChI=1S/C31H38N2O4/c1-5-6-7-8-13-20-37-28-21-24(18-19-27(28)36-4)29(32-30(34)25-16-11-9-14-22(25)2)33-31(35)26-17-12-10-15-23(26)3/h9-12,14-19,21,29H,5-8,13,20H2,1-4H3,(H,32,34)(H,33,35). The SMILES string of the molecule is CCCCCCCOc1cc(C(NC(=O)c2ccccc2C)NC(=O)c2ccccc2C)ccc1OC. The van der Waals surface area contributed by atoms with Gasteiger partial charge in [0.15, 0.2) is 11.5 Å². The third-order valence-electron chi connectivity index (χ3n) is 6.36. The number of nitrogens with one attached hydrogen (secondary N) is 2. The van der Waals surface area contributed by atoms with Crippen molar-refractivity contribution < 1.29 is 19.1 Å². The van der Waals surface area contributed by atoms with Gasteiger partial charge in [-0.25, -0.2) is 0 Å². The van der Waals surface area contributed by atoms with Gasteiger partial charge >= 0.3 is 0 Å². The van der Waals surface area contributed by atoms with E-state index in [4.69, 9.17) is 9.47 Å². The van der Waals surface area contributed by atoms with Gasteiger partial charge in [-0.05, 0) is 61.2 Å². The van der Waals surface area contributed by atoms with Gasteiger partial charge in [0.2, 0.25) is 0 Å². The first-order valence-corrected chi connectivity index (χ1v) is 13.0. The van der Waals surface area contributed by atoms with Crippen LogP contribution in [-0.2, 0) is 0 Å². The smallest absolute Gasteiger partial charge is 0.253 e. The number of rotatable bonds is 13. The summed E-state index contributed by atoms with van der Waals surface area (Å²) in [6, 6.07) is 20.2. The van der Waals surface area contributed by atoms with Crippen molar-refractivity contribution in [3.05, 3.63) is 94.5 Å². The molecule has 0 heterocycles. The van der Waals surface area contributed by atoms with Crippen LogP contribution in [-0.4, -0.2) is 25.5 Å². The van der Waals surface area contributed by atoms with Crippen molar-refractivity contribution in [1.29, 1.82) is 0 Å². The van der Waals surface area contributed by atoms with Crippen LogP contribution in [0.15, 0.2) is 66.7 Å². The first-order valence-electron chi connectivity index (χ1n) is 13.0. The van der Waals surface area contributed by atoms with Gasteiger partial charge in [0.05, 0.1) is 13.7 Å². The van der Waals surface area contributed by atoms with Crippen molar-refractivity contribution in [3.63, 3.8) is 0 Å². The average Bonchev–Trinajstić information content (AvgIpc) is 2.90. The van der Waals surface area contributed by atoms with E-state index in [1.54, 1.807) is 25.3 Å². The molecule has 0 unspecified atom stereocenters. The molecule has 37 heavy (non-hydrogen) atoms. The Balaban J connectivity index is 1.86. The first kappa shape index (κ1) is 27.8. The Morgan fingerprint density at radius 2 is 1.32 bits per heavy atom. The monoisotopic (exact) mass is 502 g/mol. The second-order valence-corrected chi connectivity index (χ2v) is 9.18. The van der Waals surface area contributed by atoms with E-state index >= 15 is 0 Å². The highest BCUT2D eigenvalue weighted by Crippen LogP contribution is 2.30. The number of amides is 2. The zero-order valence-corrected chi connectivity index (χ0v) is 22.3. The highest BCUT2D eigenvalue weighted by Gasteiger charge is 2.22. The van der Waals surface area contributed by atoms with Crippen molar-refractivity contribution in [2.45, 2.75) is 59.0 Å². The van der Waals surface area contributed by atoms with E-state index < -0.39 is 6.17 Å². The lowest BCUT2D eigenvalue weighted by Crippen LogP contribution is -2.41. The fourth-order valence-corrected chi connectivity index (χ4v) is 4.15. The van der Waals surface area contributed by atoms with E-state index in [1.807, 2.05) is 62.4 Å². The Kier molecular flexibility index (Phi) is 10.6. The van der Waals surface area contributed by atoms with Gasteiger partial charge in [0.25, 0.3) is 11.8 Å². The highest BCUT2D eigenvalue weighted by molar-refractivity contribution is 5.98. The van der Waals surface area contributed by atoms with Gasteiger partial charge in [0.1, 0.15) is 6.17 Å². The van der Waals surface area contributed by atoms with Crippen molar-refractivity contribution >= 4 is 11.8 Å². The topological polar surface area (TPSA) is 76.7 Å². The highest BCUT2D eigenvalue weighted by atomic mass is 16.5. The van der Waals surface area contributed by atoms with Crippen molar-refractivity contribution in [3.8, 4) is 11.5 Å². The fraction of sp³-hybridized carbons (Fsp3) is 0.355. The molecule has 2 amide bonds. The number of methoxy groups -OCH3 is 1. The van der Waals surface area contributed by atoms with Gasteiger partial charge in [-0.15, -0.1) is 0 Å². The molecule has 2 N–H and O–H groups in total. The minimum absolute atomic E-state index is 0.276. The summed E-state index contributed by atoms with van der Waals surface area (Å²) < 4.78 is 11.6. The molecule has 3 aromatic carbocycles. The maximum Gasteiger partial charge on any atom is 0.253 e.